The van der Waals surface area contributed by atoms with E-state index >= 15 is 0 Å². The lowest BCUT2D eigenvalue weighted by atomic mass is 10.0. The largest absolute Gasteiger partial charge is 0.497 e. The van der Waals surface area contributed by atoms with Crippen LogP contribution in [0.5, 0.6) is 5.75 Å². The van der Waals surface area contributed by atoms with Gasteiger partial charge in [-0.3, -0.25) is 14.5 Å². The zero-order valence-corrected chi connectivity index (χ0v) is 23.1. The van der Waals surface area contributed by atoms with Gasteiger partial charge in [0.1, 0.15) is 5.75 Å². The summed E-state index contributed by atoms with van der Waals surface area (Å²) < 4.78 is 7.41. The number of nitrogens with one attached hydrogen (secondary N) is 1. The fourth-order valence-corrected chi connectivity index (χ4v) is 6.17. The van der Waals surface area contributed by atoms with Gasteiger partial charge in [0.15, 0.2) is 6.17 Å². The molecule has 0 amide bonds. The number of aromatic nitrogens is 2. The molecular weight excluding hydrogens is 510 g/mol. The Hall–Kier alpha value is -4.62. The highest BCUT2D eigenvalue weighted by Gasteiger charge is 2.24. The van der Waals surface area contributed by atoms with Crippen molar-refractivity contribution in [3.63, 3.8) is 0 Å². The number of aromatic amines is 1. The molecule has 0 spiro atoms. The third-order valence-corrected chi connectivity index (χ3v) is 8.32. The molecule has 1 fully saturated rings. The van der Waals surface area contributed by atoms with Crippen LogP contribution in [-0.4, -0.2) is 34.7 Å². The highest BCUT2D eigenvalue weighted by Crippen LogP contribution is 2.31. The predicted molar refractivity (Wildman–Crippen MR) is 162 cm³/mol. The number of fused-ring (bicyclic) bond motifs is 2. The molecule has 1 atom stereocenters. The van der Waals surface area contributed by atoms with Crippen molar-refractivity contribution in [2.75, 3.05) is 25.1 Å². The minimum absolute atomic E-state index is 0.00285. The van der Waals surface area contributed by atoms with Crippen molar-refractivity contribution in [2.24, 2.45) is 4.99 Å². The number of hydrogen-bond acceptors (Lipinski definition) is 5. The van der Waals surface area contributed by atoms with Crippen LogP contribution in [0.15, 0.2) is 107 Å². The Kier molecular flexibility index (Phi) is 6.65. The summed E-state index contributed by atoms with van der Waals surface area (Å²) in [5, 5.41) is 2.00. The normalized spacial score (nSPS) is 17.6. The standard InChI is InChI=1S/C34H33N5O2/c1-41-29-15-16-30-26(21-29)23-38(27-7-3-2-4-8-27)33(35-30)25-13-11-24(12-14-25)22-37-19-17-28(18-20-37)39-32-10-6-5-9-31(32)36-34(39)40/h2-16,21,23,28,33H,17-20,22H2,1H3,(H,36,40). The van der Waals surface area contributed by atoms with Gasteiger partial charge in [0.05, 0.1) is 23.5 Å². The Morgan fingerprint density at radius 3 is 2.44 bits per heavy atom. The number of H-pyrrole nitrogens is 1. The minimum Gasteiger partial charge on any atom is -0.497 e. The molecule has 0 bridgehead atoms. The summed E-state index contributed by atoms with van der Waals surface area (Å²) >= 11 is 0. The lowest BCUT2D eigenvalue weighted by Gasteiger charge is -2.33. The van der Waals surface area contributed by atoms with E-state index in [-0.39, 0.29) is 17.9 Å². The number of para-hydroxylation sites is 3. The first-order valence-corrected chi connectivity index (χ1v) is 14.2. The highest BCUT2D eigenvalue weighted by atomic mass is 16.5. The molecule has 4 aromatic carbocycles. The van der Waals surface area contributed by atoms with E-state index in [1.807, 2.05) is 53.1 Å². The molecule has 2 aliphatic rings. The van der Waals surface area contributed by atoms with Crippen molar-refractivity contribution in [3.8, 4) is 5.75 Å². The Balaban J connectivity index is 1.08. The molecule has 206 valence electrons. The molecule has 1 saturated heterocycles. The SMILES string of the molecule is COc1ccc2c(c1)=CN(c1ccccc1)C(c1ccc(CN3CCC(n4c(=O)[nH]c5ccccc54)CC3)cc1)N=2. The van der Waals surface area contributed by atoms with E-state index in [1.54, 1.807) is 7.11 Å². The van der Waals surface area contributed by atoms with Gasteiger partial charge in [-0.25, -0.2) is 4.79 Å². The van der Waals surface area contributed by atoms with E-state index < -0.39 is 0 Å². The van der Waals surface area contributed by atoms with Crippen molar-refractivity contribution >= 4 is 22.9 Å². The average Bonchev–Trinajstić information content (AvgIpc) is 3.37. The topological polar surface area (TPSA) is 65.9 Å². The summed E-state index contributed by atoms with van der Waals surface area (Å²) in [4.78, 5) is 25.5. The van der Waals surface area contributed by atoms with Gasteiger partial charge in [-0.1, -0.05) is 54.6 Å². The Labute approximate surface area is 238 Å². The number of methoxy groups -OCH3 is 1. The zero-order chi connectivity index (χ0) is 27.8. The summed E-state index contributed by atoms with van der Waals surface area (Å²) in [6.45, 7) is 2.83. The van der Waals surface area contributed by atoms with Crippen LogP contribution in [0.25, 0.3) is 17.2 Å². The molecule has 41 heavy (non-hydrogen) atoms. The first-order valence-electron chi connectivity index (χ1n) is 14.2. The zero-order valence-electron chi connectivity index (χ0n) is 23.1. The first-order chi connectivity index (χ1) is 20.2. The fourth-order valence-electron chi connectivity index (χ4n) is 6.17. The molecule has 0 aliphatic carbocycles. The van der Waals surface area contributed by atoms with Crippen LogP contribution in [0.3, 0.4) is 0 Å². The molecule has 1 N–H and O–H groups in total. The van der Waals surface area contributed by atoms with Crippen LogP contribution in [0, 0.1) is 0 Å². The maximum Gasteiger partial charge on any atom is 0.326 e. The molecular formula is C34H33N5O2. The summed E-state index contributed by atoms with van der Waals surface area (Å²) in [7, 11) is 1.69. The van der Waals surface area contributed by atoms with E-state index in [0.717, 1.165) is 71.1 Å². The Bertz CT molecular complexity index is 1850. The molecule has 3 heterocycles. The van der Waals surface area contributed by atoms with E-state index in [9.17, 15) is 4.79 Å². The number of likely N-dealkylation sites (tertiary alicyclic amines) is 1. The molecule has 1 unspecified atom stereocenters. The van der Waals surface area contributed by atoms with Gasteiger partial charge in [-0.05, 0) is 66.4 Å². The second kappa shape index (κ2) is 10.7. The second-order valence-corrected chi connectivity index (χ2v) is 10.9. The molecule has 7 rings (SSSR count). The highest BCUT2D eigenvalue weighted by molar-refractivity contribution is 5.75. The fraction of sp³-hybridized carbons (Fsp3) is 0.235. The maximum absolute atomic E-state index is 12.7. The van der Waals surface area contributed by atoms with Crippen LogP contribution in [-0.2, 0) is 6.54 Å². The van der Waals surface area contributed by atoms with Crippen molar-refractivity contribution in [1.29, 1.82) is 0 Å². The Morgan fingerprint density at radius 2 is 1.66 bits per heavy atom. The molecule has 7 nitrogen and oxygen atoms in total. The van der Waals surface area contributed by atoms with Gasteiger partial charge in [0.2, 0.25) is 0 Å². The van der Waals surface area contributed by atoms with Crippen molar-refractivity contribution < 1.29 is 4.74 Å². The number of benzene rings is 4. The molecule has 1 aromatic heterocycles. The maximum atomic E-state index is 12.7. The number of nitrogens with zero attached hydrogens (tertiary/aromatic N) is 4. The number of hydrogen-bond donors (Lipinski definition) is 1. The lowest BCUT2D eigenvalue weighted by molar-refractivity contribution is 0.180. The summed E-state index contributed by atoms with van der Waals surface area (Å²) in [5.41, 5.74) is 5.44. The second-order valence-electron chi connectivity index (χ2n) is 10.9. The molecule has 0 saturated carbocycles. The first kappa shape index (κ1) is 25.4. The molecule has 2 aliphatic heterocycles. The summed E-state index contributed by atoms with van der Waals surface area (Å²) in [6, 6.07) is 33.5. The smallest absolute Gasteiger partial charge is 0.326 e. The predicted octanol–water partition coefficient (Wildman–Crippen LogP) is 4.75. The summed E-state index contributed by atoms with van der Waals surface area (Å²) in [5.74, 6) is 0.823. The molecule has 5 aromatic rings. The van der Waals surface area contributed by atoms with Crippen LogP contribution in [0.1, 0.15) is 36.2 Å². The van der Waals surface area contributed by atoms with Crippen molar-refractivity contribution in [2.45, 2.75) is 31.6 Å². The van der Waals surface area contributed by atoms with Crippen LogP contribution < -0.4 is 25.9 Å². The lowest BCUT2D eigenvalue weighted by Crippen LogP contribution is -2.38. The van der Waals surface area contributed by atoms with Gasteiger partial charge in [0, 0.05) is 42.8 Å². The number of ether oxygens (including phenoxy) is 1. The Morgan fingerprint density at radius 1 is 0.902 bits per heavy atom. The number of rotatable bonds is 6. The molecule has 7 heteroatoms. The van der Waals surface area contributed by atoms with Crippen LogP contribution in [0.4, 0.5) is 5.69 Å². The summed E-state index contributed by atoms with van der Waals surface area (Å²) in [6.07, 6.45) is 3.94. The van der Waals surface area contributed by atoms with Gasteiger partial charge in [-0.15, -0.1) is 0 Å². The van der Waals surface area contributed by atoms with Gasteiger partial charge in [-0.2, -0.15) is 0 Å². The van der Waals surface area contributed by atoms with Crippen molar-refractivity contribution in [1.82, 2.24) is 14.5 Å². The quantitative estimate of drug-likeness (QED) is 0.336. The van der Waals surface area contributed by atoms with Gasteiger partial charge in [0.25, 0.3) is 0 Å². The number of anilines is 1. The van der Waals surface area contributed by atoms with Crippen LogP contribution >= 0.6 is 0 Å². The van der Waals surface area contributed by atoms with Crippen molar-refractivity contribution in [3.05, 3.63) is 129 Å². The molecule has 0 radical (unpaired) electrons. The minimum atomic E-state index is -0.155. The monoisotopic (exact) mass is 543 g/mol. The third-order valence-electron chi connectivity index (χ3n) is 8.32. The van der Waals surface area contributed by atoms with Crippen LogP contribution in [0.2, 0.25) is 0 Å². The number of imidazole rings is 1. The van der Waals surface area contributed by atoms with E-state index in [2.05, 4.69) is 69.5 Å². The average molecular weight is 544 g/mol. The van der Waals surface area contributed by atoms with Gasteiger partial charge >= 0.3 is 5.69 Å². The third kappa shape index (κ3) is 4.93. The van der Waals surface area contributed by atoms with E-state index in [1.165, 1.54) is 5.56 Å². The van der Waals surface area contributed by atoms with E-state index in [0.29, 0.717) is 0 Å². The van der Waals surface area contributed by atoms with E-state index in [4.69, 9.17) is 9.73 Å². The number of piperidine rings is 1. The van der Waals surface area contributed by atoms with Gasteiger partial charge < -0.3 is 14.6 Å².